The smallest absolute Gasteiger partial charge is 0.160 e. The van der Waals surface area contributed by atoms with Crippen molar-refractivity contribution in [1.29, 1.82) is 0 Å². The number of ketones is 2. The van der Waals surface area contributed by atoms with E-state index in [1.165, 1.54) is 12.2 Å². The molecule has 0 heterocycles. The van der Waals surface area contributed by atoms with Gasteiger partial charge in [-0.3, -0.25) is 9.59 Å². The zero-order chi connectivity index (χ0) is 9.00. The minimum atomic E-state index is -0.0208. The molecule has 2 heteroatoms. The second-order valence-corrected chi connectivity index (χ2v) is 4.14. The van der Waals surface area contributed by atoms with Crippen molar-refractivity contribution in [3.63, 3.8) is 0 Å². The number of hydrogen-bond acceptors (Lipinski definition) is 2. The molecule has 4 atom stereocenters. The lowest BCUT2D eigenvalue weighted by Gasteiger charge is -2.26. The van der Waals surface area contributed by atoms with E-state index in [0.717, 1.165) is 6.42 Å². The van der Waals surface area contributed by atoms with Gasteiger partial charge in [-0.2, -0.15) is 0 Å². The van der Waals surface area contributed by atoms with Gasteiger partial charge >= 0.3 is 0 Å². The molecule has 3 rings (SSSR count). The van der Waals surface area contributed by atoms with Crippen LogP contribution in [0.25, 0.3) is 0 Å². The lowest BCUT2D eigenvalue weighted by Crippen LogP contribution is -2.34. The zero-order valence-electron chi connectivity index (χ0n) is 7.14. The Kier molecular flexibility index (Phi) is 1.22. The topological polar surface area (TPSA) is 34.1 Å². The zero-order valence-corrected chi connectivity index (χ0v) is 7.14. The van der Waals surface area contributed by atoms with Crippen LogP contribution in [0.2, 0.25) is 0 Å². The van der Waals surface area contributed by atoms with Crippen LogP contribution in [0.5, 0.6) is 0 Å². The average Bonchev–Trinajstić information content (AvgIpc) is 2.70. The predicted octanol–water partition coefficient (Wildman–Crippen LogP) is 1.13. The average molecular weight is 174 g/mol. The Morgan fingerprint density at radius 1 is 0.923 bits per heavy atom. The highest BCUT2D eigenvalue weighted by Gasteiger charge is 2.51. The Bertz CT molecular complexity index is 319. The first-order valence-electron chi connectivity index (χ1n) is 4.71. The number of allylic oxidation sites excluding steroid dienone is 4. The van der Waals surface area contributed by atoms with Crippen molar-refractivity contribution in [1.82, 2.24) is 0 Å². The van der Waals surface area contributed by atoms with E-state index >= 15 is 0 Å². The van der Waals surface area contributed by atoms with Crippen molar-refractivity contribution in [2.75, 3.05) is 0 Å². The molecular weight excluding hydrogens is 164 g/mol. The standard InChI is InChI=1S/C11H10O2/c12-8-3-4-9(13)11-7-2-1-6(5-7)10(8)11/h1-4,6-7,10-11H,5H2/t6?,7?,10-,11?/m1/s1. The molecule has 0 amide bonds. The van der Waals surface area contributed by atoms with Crippen LogP contribution < -0.4 is 0 Å². The fraction of sp³-hybridized carbons (Fsp3) is 0.455. The number of carbonyl (C=O) groups is 2. The van der Waals surface area contributed by atoms with E-state index in [2.05, 4.69) is 12.2 Å². The van der Waals surface area contributed by atoms with Crippen LogP contribution in [0.4, 0.5) is 0 Å². The van der Waals surface area contributed by atoms with Crippen LogP contribution >= 0.6 is 0 Å². The summed E-state index contributed by atoms with van der Waals surface area (Å²) in [5.41, 5.74) is 0. The maximum absolute atomic E-state index is 11.5. The molecule has 66 valence electrons. The Morgan fingerprint density at radius 3 is 1.85 bits per heavy atom. The molecule has 0 radical (unpaired) electrons. The van der Waals surface area contributed by atoms with Crippen LogP contribution in [-0.4, -0.2) is 11.6 Å². The van der Waals surface area contributed by atoms with Gasteiger partial charge < -0.3 is 0 Å². The van der Waals surface area contributed by atoms with Crippen LogP contribution in [0, 0.1) is 23.7 Å². The van der Waals surface area contributed by atoms with Gasteiger partial charge in [-0.1, -0.05) is 12.2 Å². The van der Waals surface area contributed by atoms with Crippen LogP contribution in [0.15, 0.2) is 24.3 Å². The first-order chi connectivity index (χ1) is 6.27. The van der Waals surface area contributed by atoms with E-state index in [4.69, 9.17) is 0 Å². The molecule has 0 aromatic rings. The molecular formula is C11H10O2. The van der Waals surface area contributed by atoms with E-state index in [-0.39, 0.29) is 23.4 Å². The molecule has 1 fully saturated rings. The van der Waals surface area contributed by atoms with Gasteiger partial charge in [0.05, 0.1) is 0 Å². The Labute approximate surface area is 76.3 Å². The molecule has 0 aromatic carbocycles. The van der Waals surface area contributed by atoms with Crippen molar-refractivity contribution < 1.29 is 9.59 Å². The molecule has 1 saturated carbocycles. The molecule has 2 bridgehead atoms. The number of fused-ring (bicyclic) bond motifs is 5. The van der Waals surface area contributed by atoms with Gasteiger partial charge in [0.2, 0.25) is 0 Å². The van der Waals surface area contributed by atoms with E-state index in [1.807, 2.05) is 0 Å². The van der Waals surface area contributed by atoms with Crippen LogP contribution in [-0.2, 0) is 9.59 Å². The monoisotopic (exact) mass is 174 g/mol. The van der Waals surface area contributed by atoms with Gasteiger partial charge in [-0.05, 0) is 30.4 Å². The molecule has 3 aliphatic carbocycles. The molecule has 13 heavy (non-hydrogen) atoms. The van der Waals surface area contributed by atoms with E-state index in [9.17, 15) is 9.59 Å². The first-order valence-corrected chi connectivity index (χ1v) is 4.71. The van der Waals surface area contributed by atoms with Crippen molar-refractivity contribution in [2.45, 2.75) is 6.42 Å². The summed E-state index contributed by atoms with van der Waals surface area (Å²) in [5.74, 6) is 0.954. The first kappa shape index (κ1) is 7.25. The second-order valence-electron chi connectivity index (χ2n) is 4.14. The lowest BCUT2D eigenvalue weighted by molar-refractivity contribution is -0.129. The molecule has 0 spiro atoms. The van der Waals surface area contributed by atoms with Gasteiger partial charge in [0.25, 0.3) is 0 Å². The molecule has 0 N–H and O–H groups in total. The molecule has 0 saturated heterocycles. The number of carbonyl (C=O) groups excluding carboxylic acids is 2. The molecule has 3 unspecified atom stereocenters. The van der Waals surface area contributed by atoms with Crippen molar-refractivity contribution in [3.05, 3.63) is 24.3 Å². The minimum absolute atomic E-state index is 0.0208. The molecule has 2 nitrogen and oxygen atoms in total. The van der Waals surface area contributed by atoms with Crippen molar-refractivity contribution in [2.24, 2.45) is 23.7 Å². The predicted molar refractivity (Wildman–Crippen MR) is 46.9 cm³/mol. The number of hydrogen-bond donors (Lipinski definition) is 0. The fourth-order valence-corrected chi connectivity index (χ4v) is 2.98. The highest BCUT2D eigenvalue weighted by atomic mass is 16.1. The van der Waals surface area contributed by atoms with Crippen LogP contribution in [0.3, 0.4) is 0 Å². The summed E-state index contributed by atoms with van der Waals surface area (Å²) in [6.45, 7) is 0. The summed E-state index contributed by atoms with van der Waals surface area (Å²) in [7, 11) is 0. The highest BCUT2D eigenvalue weighted by molar-refractivity contribution is 6.08. The minimum Gasteiger partial charge on any atom is -0.294 e. The molecule has 0 aromatic heterocycles. The summed E-state index contributed by atoms with van der Waals surface area (Å²) >= 11 is 0. The normalized spacial score (nSPS) is 45.8. The van der Waals surface area contributed by atoms with Gasteiger partial charge in [0.1, 0.15) is 0 Å². The van der Waals surface area contributed by atoms with Crippen LogP contribution in [0.1, 0.15) is 6.42 Å². The maximum Gasteiger partial charge on any atom is 0.160 e. The summed E-state index contributed by atoms with van der Waals surface area (Å²) in [5, 5.41) is 0. The third kappa shape index (κ3) is 0.781. The third-order valence-electron chi connectivity index (χ3n) is 3.53. The SMILES string of the molecule is O=C1C=CC(=O)[C@H]2C3C=CC(C3)C12. The third-order valence-corrected chi connectivity index (χ3v) is 3.53. The summed E-state index contributed by atoms with van der Waals surface area (Å²) < 4.78 is 0. The van der Waals surface area contributed by atoms with Gasteiger partial charge in [-0.25, -0.2) is 0 Å². The molecule has 3 aliphatic rings. The lowest BCUT2D eigenvalue weighted by atomic mass is 9.75. The van der Waals surface area contributed by atoms with Crippen molar-refractivity contribution >= 4 is 11.6 Å². The summed E-state index contributed by atoms with van der Waals surface area (Å²) in [6.07, 6.45) is 8.14. The van der Waals surface area contributed by atoms with Gasteiger partial charge in [0.15, 0.2) is 11.6 Å². The van der Waals surface area contributed by atoms with Crippen molar-refractivity contribution in [3.8, 4) is 0 Å². The molecule has 0 aliphatic heterocycles. The fourth-order valence-electron chi connectivity index (χ4n) is 2.98. The quantitative estimate of drug-likeness (QED) is 0.516. The summed E-state index contributed by atoms with van der Waals surface area (Å²) in [6, 6.07) is 0. The number of rotatable bonds is 0. The van der Waals surface area contributed by atoms with E-state index in [0.29, 0.717) is 11.8 Å². The highest BCUT2D eigenvalue weighted by Crippen LogP contribution is 2.50. The largest absolute Gasteiger partial charge is 0.294 e. The maximum atomic E-state index is 11.5. The Morgan fingerprint density at radius 2 is 1.38 bits per heavy atom. The Balaban J connectivity index is 2.09. The van der Waals surface area contributed by atoms with E-state index < -0.39 is 0 Å². The second kappa shape index (κ2) is 2.19. The van der Waals surface area contributed by atoms with Gasteiger partial charge in [0, 0.05) is 11.8 Å². The van der Waals surface area contributed by atoms with E-state index in [1.54, 1.807) is 0 Å². The van der Waals surface area contributed by atoms with Gasteiger partial charge in [-0.15, -0.1) is 0 Å². The Hall–Kier alpha value is -1.18. The summed E-state index contributed by atoms with van der Waals surface area (Å²) in [4.78, 5) is 23.1.